The minimum Gasteiger partial charge on any atom is -0.348 e. The molecule has 2 heterocycles. The van der Waals surface area contributed by atoms with E-state index in [2.05, 4.69) is 4.98 Å². The van der Waals surface area contributed by atoms with Gasteiger partial charge in [0.2, 0.25) is 5.91 Å². The maximum atomic E-state index is 13.1. The van der Waals surface area contributed by atoms with Crippen LogP contribution in [0.4, 0.5) is 0 Å². The van der Waals surface area contributed by atoms with E-state index in [1.807, 2.05) is 6.92 Å². The van der Waals surface area contributed by atoms with E-state index in [9.17, 15) is 4.79 Å². The van der Waals surface area contributed by atoms with Crippen LogP contribution in [0.25, 0.3) is 16.9 Å². The summed E-state index contributed by atoms with van der Waals surface area (Å²) in [6.45, 7) is -3.42. The average Bonchev–Trinajstić information content (AvgIpc) is 3.09. The van der Waals surface area contributed by atoms with E-state index in [1.54, 1.807) is 24.3 Å². The molecule has 0 N–H and O–H groups in total. The Morgan fingerprint density at radius 3 is 2.70 bits per heavy atom. The lowest BCUT2D eigenvalue weighted by atomic mass is 10.1. The Hall–Kier alpha value is -2.62. The molecule has 0 saturated carbocycles. The van der Waals surface area contributed by atoms with Gasteiger partial charge in [0.15, 0.2) is 0 Å². The SMILES string of the molecule is [2H]c1c(C)c([2H])n2c(C([2H])C(=O)N(C([2H])([2H])[2H])C([2H])([2H])[2H])c(-c3ccc(C)cc3)nc2c1[2H]. The summed E-state index contributed by atoms with van der Waals surface area (Å²) in [4.78, 5) is 17.1. The van der Waals surface area contributed by atoms with E-state index in [1.165, 1.54) is 6.92 Å². The summed E-state index contributed by atoms with van der Waals surface area (Å²) in [6.07, 6.45) is -2.40. The molecule has 0 aliphatic carbocycles. The van der Waals surface area contributed by atoms with Crippen LogP contribution >= 0.6 is 0 Å². The molecule has 1 aromatic carbocycles. The second-order valence-electron chi connectivity index (χ2n) is 5.18. The molecule has 23 heavy (non-hydrogen) atoms. The van der Waals surface area contributed by atoms with Crippen LogP contribution in [0.2, 0.25) is 0 Å². The van der Waals surface area contributed by atoms with Crippen LogP contribution in [0, 0.1) is 13.8 Å². The number of aryl methyl sites for hydroxylation is 1. The van der Waals surface area contributed by atoms with E-state index in [0.29, 0.717) is 5.56 Å². The van der Waals surface area contributed by atoms with Crippen LogP contribution in [-0.2, 0) is 11.2 Å². The van der Waals surface area contributed by atoms with Crippen molar-refractivity contribution in [3.63, 3.8) is 0 Å². The number of hydrogen-bond acceptors (Lipinski definition) is 2. The first-order valence-corrected chi connectivity index (χ1v) is 6.89. The molecular formula is C19H21N3O. The van der Waals surface area contributed by atoms with Crippen LogP contribution in [0.1, 0.15) is 30.5 Å². The zero-order valence-electron chi connectivity index (χ0n) is 22.6. The van der Waals surface area contributed by atoms with E-state index in [4.69, 9.17) is 13.7 Å². The molecule has 118 valence electrons. The second-order valence-corrected chi connectivity index (χ2v) is 5.18. The number of amides is 1. The number of carbonyl (C=O) groups excluding carboxylic acids is 1. The molecule has 2 aromatic heterocycles. The van der Waals surface area contributed by atoms with Crippen LogP contribution < -0.4 is 0 Å². The highest BCUT2D eigenvalue weighted by atomic mass is 16.2. The van der Waals surface area contributed by atoms with Crippen molar-refractivity contribution in [2.45, 2.75) is 20.2 Å². The molecule has 0 fully saturated rings. The average molecular weight is 317 g/mol. The molecule has 4 heteroatoms. The molecule has 1 unspecified atom stereocenters. The summed E-state index contributed by atoms with van der Waals surface area (Å²) < 4.78 is 79.5. The number of imidazole rings is 1. The zero-order chi connectivity index (χ0) is 25.0. The molecule has 3 rings (SSSR count). The van der Waals surface area contributed by atoms with E-state index in [-0.39, 0.29) is 45.8 Å². The van der Waals surface area contributed by atoms with Gasteiger partial charge in [0.05, 0.1) is 21.9 Å². The number of fused-ring (bicyclic) bond motifs is 1. The first-order valence-electron chi connectivity index (χ1n) is 12.0. The fourth-order valence-corrected chi connectivity index (χ4v) is 2.21. The highest BCUT2D eigenvalue weighted by Gasteiger charge is 2.18. The lowest BCUT2D eigenvalue weighted by Crippen LogP contribution is -2.24. The van der Waals surface area contributed by atoms with Gasteiger partial charge in [-0.05, 0) is 25.5 Å². The molecular weight excluding hydrogens is 286 g/mol. The Labute approximate surface area is 150 Å². The third kappa shape index (κ3) is 2.97. The number of hydrogen-bond donors (Lipinski definition) is 0. The van der Waals surface area contributed by atoms with Crippen LogP contribution in [0.3, 0.4) is 0 Å². The Morgan fingerprint density at radius 2 is 2.00 bits per heavy atom. The summed E-state index contributed by atoms with van der Waals surface area (Å²) in [5, 5.41) is 0. The quantitative estimate of drug-likeness (QED) is 0.743. The van der Waals surface area contributed by atoms with Crippen molar-refractivity contribution in [3.8, 4) is 11.3 Å². The lowest BCUT2D eigenvalue weighted by Gasteiger charge is -2.11. The summed E-state index contributed by atoms with van der Waals surface area (Å²) in [5.74, 6) is -1.52. The normalized spacial score (nSPS) is 19.7. The van der Waals surface area contributed by atoms with Crippen LogP contribution in [-0.4, -0.2) is 34.1 Å². The monoisotopic (exact) mass is 317 g/mol. The molecule has 0 bridgehead atoms. The number of pyridine rings is 1. The maximum Gasteiger partial charge on any atom is 0.228 e. The number of aromatic nitrogens is 2. The summed E-state index contributed by atoms with van der Waals surface area (Å²) >= 11 is 0. The van der Waals surface area contributed by atoms with Gasteiger partial charge in [-0.2, -0.15) is 0 Å². The maximum absolute atomic E-state index is 13.1. The summed E-state index contributed by atoms with van der Waals surface area (Å²) in [5.41, 5.74) is 1.02. The number of likely N-dealkylation sites (N-methyl/N-ethyl adjacent to an activating group) is 1. The van der Waals surface area contributed by atoms with Crippen molar-refractivity contribution >= 4 is 11.6 Å². The fraction of sp³-hybridized carbons (Fsp3) is 0.263. The van der Waals surface area contributed by atoms with E-state index in [0.717, 1.165) is 9.96 Å². The highest BCUT2D eigenvalue weighted by Crippen LogP contribution is 2.26. The minimum absolute atomic E-state index is 0.0198. The molecule has 0 aliphatic heterocycles. The third-order valence-electron chi connectivity index (χ3n) is 3.36. The van der Waals surface area contributed by atoms with Gasteiger partial charge >= 0.3 is 0 Å². The number of carbonyl (C=O) groups is 1. The third-order valence-corrected chi connectivity index (χ3v) is 3.36. The first-order chi connectivity index (χ1) is 15.1. The van der Waals surface area contributed by atoms with Gasteiger partial charge in [0, 0.05) is 35.3 Å². The van der Waals surface area contributed by atoms with Gasteiger partial charge in [-0.25, -0.2) is 4.98 Å². The molecule has 0 saturated heterocycles. The van der Waals surface area contributed by atoms with Gasteiger partial charge in [0.25, 0.3) is 0 Å². The number of benzene rings is 1. The van der Waals surface area contributed by atoms with Crippen molar-refractivity contribution in [2.24, 2.45) is 0 Å². The Morgan fingerprint density at radius 1 is 1.26 bits per heavy atom. The molecule has 0 spiro atoms. The van der Waals surface area contributed by atoms with Crippen molar-refractivity contribution < 1.29 is 18.5 Å². The molecule has 1 amide bonds. The van der Waals surface area contributed by atoms with Crippen molar-refractivity contribution in [1.82, 2.24) is 14.3 Å². The van der Waals surface area contributed by atoms with Gasteiger partial charge in [-0.1, -0.05) is 35.9 Å². The predicted molar refractivity (Wildman–Crippen MR) is 92.5 cm³/mol. The second kappa shape index (κ2) is 5.88. The molecule has 0 radical (unpaired) electrons. The lowest BCUT2D eigenvalue weighted by molar-refractivity contribution is -0.128. The highest BCUT2D eigenvalue weighted by molar-refractivity contribution is 5.81. The fourth-order valence-electron chi connectivity index (χ4n) is 2.21. The van der Waals surface area contributed by atoms with Crippen molar-refractivity contribution in [2.75, 3.05) is 14.0 Å². The molecule has 0 aliphatic rings. The van der Waals surface area contributed by atoms with Crippen molar-refractivity contribution in [3.05, 3.63) is 59.3 Å². The Balaban J connectivity index is 2.37. The van der Waals surface area contributed by atoms with Crippen LogP contribution in [0.5, 0.6) is 0 Å². The zero-order valence-corrected chi connectivity index (χ0v) is 12.6. The van der Waals surface area contributed by atoms with Crippen molar-refractivity contribution in [1.29, 1.82) is 0 Å². The summed E-state index contributed by atoms with van der Waals surface area (Å²) in [7, 11) is 0. The van der Waals surface area contributed by atoms with Gasteiger partial charge in [-0.3, -0.25) is 4.79 Å². The number of rotatable bonds is 3. The van der Waals surface area contributed by atoms with E-state index < -0.39 is 26.3 Å². The smallest absolute Gasteiger partial charge is 0.228 e. The molecule has 4 nitrogen and oxygen atoms in total. The summed E-state index contributed by atoms with van der Waals surface area (Å²) in [6, 6.07) is 6.18. The van der Waals surface area contributed by atoms with Crippen LogP contribution in [0.15, 0.2) is 42.5 Å². The molecule has 3 aromatic rings. The first kappa shape index (κ1) is 7.30. The standard InChI is InChI=1S/C19H21N3O/c1-13-5-8-15(9-6-13)19-16(11-18(23)21(3)4)22-12-14(2)7-10-17(22)20-19/h5-10,12H,11H2,1-4H3/i3D3,4D3,7D,10D,11D,12D. The molecule has 1 atom stereocenters. The van der Waals surface area contributed by atoms with Gasteiger partial charge < -0.3 is 9.30 Å². The predicted octanol–water partition coefficient (Wildman–Crippen LogP) is 3.25. The Bertz CT molecular complexity index is 1210. The van der Waals surface area contributed by atoms with E-state index >= 15 is 0 Å². The van der Waals surface area contributed by atoms with Gasteiger partial charge in [-0.15, -0.1) is 0 Å². The number of nitrogens with zero attached hydrogens (tertiary/aromatic N) is 3. The Kier molecular flexibility index (Phi) is 1.87. The topological polar surface area (TPSA) is 37.6 Å². The largest absolute Gasteiger partial charge is 0.348 e. The minimum atomic E-state index is -3.35. The van der Waals surface area contributed by atoms with Gasteiger partial charge in [0.1, 0.15) is 5.65 Å².